The lowest BCUT2D eigenvalue weighted by Crippen LogP contribution is -2.14. The van der Waals surface area contributed by atoms with Crippen LogP contribution in [-0.4, -0.2) is 31.1 Å². The van der Waals surface area contributed by atoms with Gasteiger partial charge in [0.1, 0.15) is 0 Å². The molecule has 0 N–H and O–H groups in total. The van der Waals surface area contributed by atoms with E-state index < -0.39 is 15.6 Å². The van der Waals surface area contributed by atoms with E-state index in [1.807, 2.05) is 20.8 Å². The summed E-state index contributed by atoms with van der Waals surface area (Å²) in [5, 5.41) is 0. The molecule has 0 fully saturated rings. The molecule has 0 aliphatic heterocycles. The topological polar surface area (TPSA) is 61.8 Å². The zero-order valence-corrected chi connectivity index (χ0v) is 19.5. The normalized spacial score (nSPS) is 15.7. The molecule has 0 aliphatic carbocycles. The third-order valence-corrected chi connectivity index (χ3v) is 9.24. The maximum absolute atomic E-state index is 13.1. The van der Waals surface area contributed by atoms with Crippen LogP contribution in [0.2, 0.25) is 0 Å². The maximum Gasteiger partial charge on any atom is 0.333 e. The summed E-state index contributed by atoms with van der Waals surface area (Å²) in [6.07, 6.45) is 8.84. The molecule has 0 saturated carbocycles. The third-order valence-electron chi connectivity index (χ3n) is 4.66. The average Bonchev–Trinajstić information content (AvgIpc) is 2.61. The van der Waals surface area contributed by atoms with Gasteiger partial charge in [-0.1, -0.05) is 46.0 Å². The van der Waals surface area contributed by atoms with Gasteiger partial charge < -0.3 is 13.6 Å². The van der Waals surface area contributed by atoms with E-state index in [1.54, 1.807) is 0 Å². The number of hydrogen-bond donors (Lipinski definition) is 0. The summed E-state index contributed by atoms with van der Waals surface area (Å²) in [5.41, 5.74) is 0.181. The van der Waals surface area contributed by atoms with E-state index >= 15 is 0 Å². The highest BCUT2D eigenvalue weighted by Gasteiger charge is 2.34. The molecular weight excluding hydrogens is 370 g/mol. The molecule has 26 heavy (non-hydrogen) atoms. The zero-order valence-electron chi connectivity index (χ0n) is 17.6. The molecule has 0 aliphatic rings. The zero-order chi connectivity index (χ0) is 19.8. The summed E-state index contributed by atoms with van der Waals surface area (Å²) in [7, 11) is -4.94. The molecule has 5 nitrogen and oxygen atoms in total. The van der Waals surface area contributed by atoms with Crippen LogP contribution in [0.15, 0.2) is 0 Å². The van der Waals surface area contributed by atoms with Crippen LogP contribution in [0.3, 0.4) is 0 Å². The van der Waals surface area contributed by atoms with E-state index in [0.29, 0.717) is 19.8 Å². The standard InChI is InChI=1S/C19H42O5P2/c1-6-11-16-19(26(21,23-9-4)24-10-5)17-14-12-13-15-18(7-2)25(20)22-8-3/h18-19,25H,6-17H2,1-5H3. The van der Waals surface area contributed by atoms with Gasteiger partial charge in [-0.15, -0.1) is 0 Å². The highest BCUT2D eigenvalue weighted by molar-refractivity contribution is 7.54. The predicted octanol–water partition coefficient (Wildman–Crippen LogP) is 7.05. The molecule has 3 atom stereocenters. The van der Waals surface area contributed by atoms with Crippen LogP contribution in [0.1, 0.15) is 92.4 Å². The van der Waals surface area contributed by atoms with E-state index in [-0.39, 0.29) is 11.3 Å². The molecule has 0 radical (unpaired) electrons. The van der Waals surface area contributed by atoms with Crippen LogP contribution in [0.4, 0.5) is 0 Å². The van der Waals surface area contributed by atoms with Gasteiger partial charge in [0.05, 0.1) is 25.5 Å². The Balaban J connectivity index is 4.48. The van der Waals surface area contributed by atoms with Gasteiger partial charge >= 0.3 is 7.60 Å². The van der Waals surface area contributed by atoms with Crippen LogP contribution in [-0.2, 0) is 22.7 Å². The van der Waals surface area contributed by atoms with Crippen molar-refractivity contribution in [1.82, 2.24) is 0 Å². The Morgan fingerprint density at radius 2 is 1.38 bits per heavy atom. The van der Waals surface area contributed by atoms with Gasteiger partial charge in [0.2, 0.25) is 0 Å². The Morgan fingerprint density at radius 3 is 1.88 bits per heavy atom. The minimum absolute atomic E-state index is 0.00752. The molecule has 0 spiro atoms. The van der Waals surface area contributed by atoms with Crippen molar-refractivity contribution in [2.75, 3.05) is 19.8 Å². The molecule has 0 heterocycles. The van der Waals surface area contributed by atoms with Crippen LogP contribution in [0.5, 0.6) is 0 Å². The Labute approximate surface area is 162 Å². The monoisotopic (exact) mass is 412 g/mol. The van der Waals surface area contributed by atoms with Gasteiger partial charge in [-0.05, 0) is 46.5 Å². The Bertz CT molecular complexity index is 393. The van der Waals surface area contributed by atoms with Crippen LogP contribution in [0, 0.1) is 0 Å². The van der Waals surface area contributed by atoms with E-state index in [4.69, 9.17) is 13.6 Å². The van der Waals surface area contributed by atoms with Crippen LogP contribution >= 0.6 is 15.6 Å². The van der Waals surface area contributed by atoms with Gasteiger partial charge in [0.25, 0.3) is 0 Å². The number of unbranched alkanes of at least 4 members (excludes halogenated alkanes) is 3. The fourth-order valence-electron chi connectivity index (χ4n) is 3.20. The van der Waals surface area contributed by atoms with Crippen LogP contribution < -0.4 is 0 Å². The van der Waals surface area contributed by atoms with Crippen LogP contribution in [0.25, 0.3) is 0 Å². The largest absolute Gasteiger partial charge is 0.333 e. The third kappa shape index (κ3) is 10.6. The molecule has 0 aromatic carbocycles. The van der Waals surface area contributed by atoms with Crippen molar-refractivity contribution in [1.29, 1.82) is 0 Å². The van der Waals surface area contributed by atoms with Crippen molar-refractivity contribution in [2.45, 2.75) is 104 Å². The number of rotatable bonds is 18. The Morgan fingerprint density at radius 1 is 0.808 bits per heavy atom. The Kier molecular flexibility index (Phi) is 16.5. The minimum Gasteiger partial charge on any atom is -0.331 e. The van der Waals surface area contributed by atoms with Crippen molar-refractivity contribution in [3.05, 3.63) is 0 Å². The highest BCUT2D eigenvalue weighted by Crippen LogP contribution is 2.56. The first-order valence-corrected chi connectivity index (χ1v) is 13.5. The number of hydrogen-bond acceptors (Lipinski definition) is 5. The molecule has 0 saturated heterocycles. The van der Waals surface area contributed by atoms with E-state index in [2.05, 4.69) is 13.8 Å². The van der Waals surface area contributed by atoms with E-state index in [9.17, 15) is 9.13 Å². The summed E-state index contributed by atoms with van der Waals surface area (Å²) in [5.74, 6) is 0. The molecular formula is C19H42O5P2. The van der Waals surface area contributed by atoms with Crippen molar-refractivity contribution >= 4 is 15.6 Å². The van der Waals surface area contributed by atoms with Crippen molar-refractivity contribution in [2.24, 2.45) is 0 Å². The molecule has 0 rings (SSSR count). The molecule has 3 unspecified atom stereocenters. The first-order valence-electron chi connectivity index (χ1n) is 10.5. The first kappa shape index (κ1) is 26.3. The van der Waals surface area contributed by atoms with E-state index in [0.717, 1.165) is 57.8 Å². The summed E-state index contributed by atoms with van der Waals surface area (Å²) in [6.45, 7) is 11.2. The highest BCUT2D eigenvalue weighted by atomic mass is 31.2. The minimum atomic E-state index is -3.02. The summed E-state index contributed by atoms with van der Waals surface area (Å²) in [4.78, 5) is 0. The van der Waals surface area contributed by atoms with Gasteiger partial charge in [-0.3, -0.25) is 9.13 Å². The van der Waals surface area contributed by atoms with Gasteiger partial charge in [-0.2, -0.15) is 0 Å². The van der Waals surface area contributed by atoms with Gasteiger partial charge in [0.15, 0.2) is 8.03 Å². The first-order chi connectivity index (χ1) is 12.5. The maximum atomic E-state index is 13.1. The van der Waals surface area contributed by atoms with Gasteiger partial charge in [-0.25, -0.2) is 0 Å². The second kappa shape index (κ2) is 16.3. The van der Waals surface area contributed by atoms with Crippen molar-refractivity contribution in [3.63, 3.8) is 0 Å². The van der Waals surface area contributed by atoms with E-state index in [1.165, 1.54) is 0 Å². The lowest BCUT2D eigenvalue weighted by atomic mass is 10.1. The lowest BCUT2D eigenvalue weighted by molar-refractivity contribution is 0.208. The second-order valence-corrected chi connectivity index (χ2v) is 10.7. The second-order valence-electron chi connectivity index (χ2n) is 6.67. The molecule has 0 aromatic heterocycles. The fourth-order valence-corrected chi connectivity index (χ4v) is 6.71. The Hall–Kier alpha value is 0.340. The molecule has 7 heteroatoms. The molecule has 158 valence electrons. The predicted molar refractivity (Wildman–Crippen MR) is 112 cm³/mol. The fraction of sp³-hybridized carbons (Fsp3) is 1.00. The average molecular weight is 412 g/mol. The summed E-state index contributed by atoms with van der Waals surface area (Å²) in [6, 6.07) is 0. The lowest BCUT2D eigenvalue weighted by Gasteiger charge is -2.26. The van der Waals surface area contributed by atoms with Gasteiger partial charge in [0, 0.05) is 5.66 Å². The smallest absolute Gasteiger partial charge is 0.331 e. The van der Waals surface area contributed by atoms with Crippen molar-refractivity contribution in [3.8, 4) is 0 Å². The molecule has 0 bridgehead atoms. The molecule has 0 aromatic rings. The molecule has 0 amide bonds. The summed E-state index contributed by atoms with van der Waals surface area (Å²) >= 11 is 0. The summed E-state index contributed by atoms with van der Waals surface area (Å²) < 4.78 is 41.6. The SMILES string of the molecule is CCCCC(CCCCCC(CC)[PH](=O)OCC)P(=O)(OCC)OCC. The van der Waals surface area contributed by atoms with Crippen molar-refractivity contribution < 1.29 is 22.7 Å². The quantitative estimate of drug-likeness (QED) is 0.178.